The minimum atomic E-state index is -0.322. The van der Waals surface area contributed by atoms with E-state index in [4.69, 9.17) is 14.7 Å². The Bertz CT molecular complexity index is 1310. The van der Waals surface area contributed by atoms with E-state index in [0.29, 0.717) is 41.6 Å². The summed E-state index contributed by atoms with van der Waals surface area (Å²) in [5.41, 5.74) is 2.86. The van der Waals surface area contributed by atoms with Crippen LogP contribution in [0, 0.1) is 5.82 Å². The molecule has 1 amide bonds. The van der Waals surface area contributed by atoms with Gasteiger partial charge in [-0.3, -0.25) is 9.78 Å². The maximum Gasteiger partial charge on any atom is 0.239 e. The number of benzene rings is 2. The molecule has 1 fully saturated rings. The van der Waals surface area contributed by atoms with Gasteiger partial charge in [0.15, 0.2) is 5.82 Å². The van der Waals surface area contributed by atoms with Crippen molar-refractivity contribution < 1.29 is 13.9 Å². The SMILES string of the molecule is COc1cc(-c2cccc(F)c2)cc2c(N3CCNC(=O)C3)nc(-c3cccnc3)nc12. The first-order valence-electron chi connectivity index (χ1n) is 10.2. The van der Waals surface area contributed by atoms with E-state index >= 15 is 0 Å². The summed E-state index contributed by atoms with van der Waals surface area (Å²) in [5.74, 6) is 1.26. The van der Waals surface area contributed by atoms with E-state index in [1.807, 2.05) is 35.2 Å². The Kier molecular flexibility index (Phi) is 5.10. The molecule has 0 spiro atoms. The van der Waals surface area contributed by atoms with Gasteiger partial charge in [0.25, 0.3) is 0 Å². The smallest absolute Gasteiger partial charge is 0.239 e. The van der Waals surface area contributed by atoms with Crippen molar-refractivity contribution in [2.45, 2.75) is 0 Å². The van der Waals surface area contributed by atoms with Crippen LogP contribution in [0.1, 0.15) is 0 Å². The van der Waals surface area contributed by atoms with E-state index in [-0.39, 0.29) is 18.3 Å². The lowest BCUT2D eigenvalue weighted by Gasteiger charge is -2.29. The molecule has 1 N–H and O–H groups in total. The average molecular weight is 429 g/mol. The van der Waals surface area contributed by atoms with Crippen molar-refractivity contribution in [1.82, 2.24) is 20.3 Å². The Hall–Kier alpha value is -4.07. The number of nitrogens with zero attached hydrogens (tertiary/aromatic N) is 4. The summed E-state index contributed by atoms with van der Waals surface area (Å²) in [6.07, 6.45) is 3.38. The highest BCUT2D eigenvalue weighted by Crippen LogP contribution is 2.37. The zero-order chi connectivity index (χ0) is 22.1. The molecule has 1 aliphatic heterocycles. The van der Waals surface area contributed by atoms with Crippen molar-refractivity contribution in [2.24, 2.45) is 0 Å². The molecule has 7 nitrogen and oxygen atoms in total. The summed E-state index contributed by atoms with van der Waals surface area (Å²) in [4.78, 5) is 27.8. The summed E-state index contributed by atoms with van der Waals surface area (Å²) in [6, 6.07) is 13.8. The number of pyridine rings is 1. The van der Waals surface area contributed by atoms with Crippen LogP contribution in [0.25, 0.3) is 33.4 Å². The average Bonchev–Trinajstić information content (AvgIpc) is 2.83. The molecule has 4 aromatic rings. The first kappa shape index (κ1) is 19.9. The zero-order valence-corrected chi connectivity index (χ0v) is 17.4. The van der Waals surface area contributed by atoms with Crippen LogP contribution in [0.5, 0.6) is 5.75 Å². The van der Waals surface area contributed by atoms with E-state index in [1.165, 1.54) is 12.1 Å². The van der Waals surface area contributed by atoms with Crippen LogP contribution < -0.4 is 15.0 Å². The molecule has 2 aromatic heterocycles. The normalized spacial score (nSPS) is 13.8. The molecule has 2 aromatic carbocycles. The number of piperazine rings is 1. The second-order valence-electron chi connectivity index (χ2n) is 7.47. The van der Waals surface area contributed by atoms with Crippen LogP contribution in [0.15, 0.2) is 60.9 Å². The molecule has 0 bridgehead atoms. The maximum absolute atomic E-state index is 13.9. The number of hydrogen-bond acceptors (Lipinski definition) is 6. The molecule has 1 aliphatic rings. The predicted octanol–water partition coefficient (Wildman–Crippen LogP) is 3.44. The van der Waals surface area contributed by atoms with Crippen LogP contribution in [-0.4, -0.2) is 47.6 Å². The van der Waals surface area contributed by atoms with Gasteiger partial charge in [-0.15, -0.1) is 0 Å². The third kappa shape index (κ3) is 3.71. The van der Waals surface area contributed by atoms with E-state index in [1.54, 1.807) is 25.6 Å². The molecule has 8 heteroatoms. The Labute approximate surface area is 183 Å². The number of hydrogen-bond donors (Lipinski definition) is 1. The van der Waals surface area contributed by atoms with Crippen molar-refractivity contribution in [1.29, 1.82) is 0 Å². The van der Waals surface area contributed by atoms with E-state index in [0.717, 1.165) is 16.5 Å². The molecule has 3 heterocycles. The number of nitrogens with one attached hydrogen (secondary N) is 1. The third-order valence-electron chi connectivity index (χ3n) is 5.38. The maximum atomic E-state index is 13.9. The summed E-state index contributed by atoms with van der Waals surface area (Å²) in [6.45, 7) is 1.31. The monoisotopic (exact) mass is 429 g/mol. The highest BCUT2D eigenvalue weighted by molar-refractivity contribution is 5.99. The van der Waals surface area contributed by atoms with Crippen LogP contribution in [0.4, 0.5) is 10.2 Å². The number of amides is 1. The second kappa shape index (κ2) is 8.22. The lowest BCUT2D eigenvalue weighted by molar-refractivity contribution is -0.120. The molecule has 32 heavy (non-hydrogen) atoms. The number of fused-ring (bicyclic) bond motifs is 1. The van der Waals surface area contributed by atoms with Gasteiger partial charge in [0, 0.05) is 36.4 Å². The van der Waals surface area contributed by atoms with Gasteiger partial charge in [-0.1, -0.05) is 12.1 Å². The molecule has 0 atom stereocenters. The fourth-order valence-corrected chi connectivity index (χ4v) is 3.86. The molecule has 0 unspecified atom stereocenters. The van der Waals surface area contributed by atoms with Gasteiger partial charge in [-0.25, -0.2) is 14.4 Å². The number of rotatable bonds is 4. The molecular weight excluding hydrogens is 409 g/mol. The molecule has 0 aliphatic carbocycles. The number of aromatic nitrogens is 3. The number of carbonyl (C=O) groups is 1. The molecule has 160 valence electrons. The minimum absolute atomic E-state index is 0.0702. The van der Waals surface area contributed by atoms with E-state index < -0.39 is 0 Å². The molecule has 0 radical (unpaired) electrons. The van der Waals surface area contributed by atoms with E-state index in [2.05, 4.69) is 10.3 Å². The Morgan fingerprint density at radius 3 is 2.69 bits per heavy atom. The van der Waals surface area contributed by atoms with Gasteiger partial charge in [-0.05, 0) is 47.5 Å². The summed E-state index contributed by atoms with van der Waals surface area (Å²) >= 11 is 0. The van der Waals surface area contributed by atoms with E-state index in [9.17, 15) is 9.18 Å². The Balaban J connectivity index is 1.77. The molecule has 1 saturated heterocycles. The number of halogens is 1. The summed E-state index contributed by atoms with van der Waals surface area (Å²) in [5, 5.41) is 3.57. The summed E-state index contributed by atoms with van der Waals surface area (Å²) < 4.78 is 19.6. The van der Waals surface area contributed by atoms with Crippen molar-refractivity contribution in [3.8, 4) is 28.3 Å². The first-order valence-corrected chi connectivity index (χ1v) is 10.2. The van der Waals surface area contributed by atoms with Crippen LogP contribution in [0.2, 0.25) is 0 Å². The number of carbonyl (C=O) groups excluding carboxylic acids is 1. The largest absolute Gasteiger partial charge is 0.494 e. The Morgan fingerprint density at radius 2 is 1.94 bits per heavy atom. The summed E-state index contributed by atoms with van der Waals surface area (Å²) in [7, 11) is 1.57. The fourth-order valence-electron chi connectivity index (χ4n) is 3.86. The standard InChI is InChI=1S/C24H20FN5O2/c1-32-20-12-17(15-4-2-6-18(25)10-15)11-19-22(20)28-23(16-5-3-7-26-13-16)29-24(19)30-9-8-27-21(31)14-30/h2-7,10-13H,8-9,14H2,1H3,(H,27,31). The van der Waals surface area contributed by atoms with Crippen LogP contribution in [-0.2, 0) is 4.79 Å². The molecular formula is C24H20FN5O2. The van der Waals surface area contributed by atoms with Crippen LogP contribution >= 0.6 is 0 Å². The van der Waals surface area contributed by atoms with Gasteiger partial charge < -0.3 is 15.0 Å². The van der Waals surface area contributed by atoms with Gasteiger partial charge in [0.2, 0.25) is 5.91 Å². The lowest BCUT2D eigenvalue weighted by atomic mass is 10.0. The topological polar surface area (TPSA) is 80.2 Å². The zero-order valence-electron chi connectivity index (χ0n) is 17.4. The number of methoxy groups -OCH3 is 1. The fraction of sp³-hybridized carbons (Fsp3) is 0.167. The minimum Gasteiger partial charge on any atom is -0.494 e. The quantitative estimate of drug-likeness (QED) is 0.535. The van der Waals surface area contributed by atoms with Crippen LogP contribution in [0.3, 0.4) is 0 Å². The van der Waals surface area contributed by atoms with Gasteiger partial charge in [0.1, 0.15) is 22.9 Å². The highest BCUT2D eigenvalue weighted by atomic mass is 19.1. The van der Waals surface area contributed by atoms with Crippen molar-refractivity contribution in [2.75, 3.05) is 31.6 Å². The predicted molar refractivity (Wildman–Crippen MR) is 120 cm³/mol. The van der Waals surface area contributed by atoms with Crippen molar-refractivity contribution >= 4 is 22.6 Å². The number of ether oxygens (including phenoxy) is 1. The van der Waals surface area contributed by atoms with Gasteiger partial charge in [-0.2, -0.15) is 0 Å². The Morgan fingerprint density at radius 1 is 1.06 bits per heavy atom. The second-order valence-corrected chi connectivity index (χ2v) is 7.47. The first-order chi connectivity index (χ1) is 15.6. The molecule has 0 saturated carbocycles. The highest BCUT2D eigenvalue weighted by Gasteiger charge is 2.23. The number of anilines is 1. The molecule has 5 rings (SSSR count). The van der Waals surface area contributed by atoms with Crippen molar-refractivity contribution in [3.63, 3.8) is 0 Å². The van der Waals surface area contributed by atoms with Crippen molar-refractivity contribution in [3.05, 3.63) is 66.7 Å². The lowest BCUT2D eigenvalue weighted by Crippen LogP contribution is -2.48. The third-order valence-corrected chi connectivity index (χ3v) is 5.38. The van der Waals surface area contributed by atoms with Gasteiger partial charge >= 0.3 is 0 Å². The van der Waals surface area contributed by atoms with Gasteiger partial charge in [0.05, 0.1) is 13.7 Å².